The first-order valence-electron chi connectivity index (χ1n) is 4.58. The minimum atomic E-state index is 0.558. The van der Waals surface area contributed by atoms with Crippen LogP contribution in [0.4, 0.5) is 0 Å². The maximum Gasteiger partial charge on any atom is 0.162 e. The molecule has 1 radical (unpaired) electrons. The fourth-order valence-corrected chi connectivity index (χ4v) is 1.15. The third kappa shape index (κ3) is 3.21. The van der Waals surface area contributed by atoms with E-state index in [1.165, 1.54) is 12.8 Å². The van der Waals surface area contributed by atoms with Gasteiger partial charge in [0.05, 0.1) is 0 Å². The third-order valence-corrected chi connectivity index (χ3v) is 2.09. The average molecular weight is 156 g/mol. The van der Waals surface area contributed by atoms with Crippen LogP contribution in [-0.2, 0) is 4.74 Å². The fourth-order valence-electron chi connectivity index (χ4n) is 1.15. The highest BCUT2D eigenvalue weighted by molar-refractivity contribution is 4.80. The van der Waals surface area contributed by atoms with E-state index in [0.717, 1.165) is 25.7 Å². The van der Waals surface area contributed by atoms with Crippen molar-refractivity contribution in [2.45, 2.75) is 45.6 Å². The van der Waals surface area contributed by atoms with Gasteiger partial charge < -0.3 is 4.74 Å². The first-order valence-corrected chi connectivity index (χ1v) is 4.58. The molecule has 0 spiro atoms. The summed E-state index contributed by atoms with van der Waals surface area (Å²) >= 11 is 0. The summed E-state index contributed by atoms with van der Waals surface area (Å²) in [4.78, 5) is 0. The molecule has 0 aromatic rings. The number of ether oxygens (including phenoxy) is 1. The van der Waals surface area contributed by atoms with Crippen molar-refractivity contribution in [1.29, 1.82) is 0 Å². The molecule has 1 atom stereocenters. The second-order valence-electron chi connectivity index (χ2n) is 3.18. The largest absolute Gasteiger partial charge is 0.356 e. The van der Waals surface area contributed by atoms with Crippen LogP contribution in [0.15, 0.2) is 0 Å². The number of hydrogen-bond donors (Lipinski definition) is 1. The maximum atomic E-state index is 5.46. The smallest absolute Gasteiger partial charge is 0.162 e. The molecule has 1 aliphatic heterocycles. The van der Waals surface area contributed by atoms with Crippen LogP contribution < -0.4 is 5.32 Å². The van der Waals surface area contributed by atoms with Crippen LogP contribution in [-0.4, -0.2) is 12.6 Å². The van der Waals surface area contributed by atoms with E-state index >= 15 is 0 Å². The standard InChI is InChI=1S/C9H18NO/c1-3-8(2)10-9-6-4-5-7-11-9/h8,10H,3-7H2,1-2H3. The number of rotatable bonds is 3. The molecule has 0 bridgehead atoms. The Hall–Kier alpha value is -0.0800. The molecule has 0 saturated carbocycles. The second kappa shape index (κ2) is 4.73. The average Bonchev–Trinajstić information content (AvgIpc) is 2.06. The number of hydrogen-bond acceptors (Lipinski definition) is 2. The first-order chi connectivity index (χ1) is 5.33. The topological polar surface area (TPSA) is 21.3 Å². The van der Waals surface area contributed by atoms with Gasteiger partial charge in [-0.05, 0) is 32.6 Å². The van der Waals surface area contributed by atoms with Crippen LogP contribution in [0.5, 0.6) is 0 Å². The van der Waals surface area contributed by atoms with Crippen molar-refractivity contribution >= 4 is 0 Å². The van der Waals surface area contributed by atoms with Crippen molar-refractivity contribution in [2.75, 3.05) is 6.61 Å². The predicted molar refractivity (Wildman–Crippen MR) is 45.9 cm³/mol. The monoisotopic (exact) mass is 156 g/mol. The summed E-state index contributed by atoms with van der Waals surface area (Å²) in [6.45, 7) is 5.27. The highest BCUT2D eigenvalue weighted by Crippen LogP contribution is 2.17. The van der Waals surface area contributed by atoms with Crippen LogP contribution in [0.3, 0.4) is 0 Å². The molecule has 1 aliphatic rings. The highest BCUT2D eigenvalue weighted by atomic mass is 16.5. The van der Waals surface area contributed by atoms with E-state index in [-0.39, 0.29) is 0 Å². The van der Waals surface area contributed by atoms with Gasteiger partial charge in [0.2, 0.25) is 0 Å². The second-order valence-corrected chi connectivity index (χ2v) is 3.18. The van der Waals surface area contributed by atoms with Crippen molar-refractivity contribution in [3.05, 3.63) is 6.23 Å². The minimum Gasteiger partial charge on any atom is -0.356 e. The molecular weight excluding hydrogens is 138 g/mol. The summed E-state index contributed by atoms with van der Waals surface area (Å²) in [7, 11) is 0. The molecule has 65 valence electrons. The highest BCUT2D eigenvalue weighted by Gasteiger charge is 2.15. The van der Waals surface area contributed by atoms with E-state index < -0.39 is 0 Å². The van der Waals surface area contributed by atoms with E-state index in [2.05, 4.69) is 19.2 Å². The van der Waals surface area contributed by atoms with Crippen molar-refractivity contribution in [1.82, 2.24) is 5.32 Å². The van der Waals surface area contributed by atoms with Gasteiger partial charge in [-0.15, -0.1) is 0 Å². The SMILES string of the molecule is CCC(C)N[C]1CCCCO1. The van der Waals surface area contributed by atoms with Gasteiger partial charge in [-0.3, -0.25) is 5.32 Å². The van der Waals surface area contributed by atoms with Gasteiger partial charge in [-0.1, -0.05) is 6.92 Å². The molecule has 11 heavy (non-hydrogen) atoms. The lowest BCUT2D eigenvalue weighted by Crippen LogP contribution is -2.33. The van der Waals surface area contributed by atoms with Crippen LogP contribution in [0.2, 0.25) is 0 Å². The molecular formula is C9H18NO. The van der Waals surface area contributed by atoms with E-state index in [9.17, 15) is 0 Å². The molecule has 1 saturated heterocycles. The Morgan fingerprint density at radius 1 is 1.55 bits per heavy atom. The maximum absolute atomic E-state index is 5.46. The van der Waals surface area contributed by atoms with Gasteiger partial charge in [-0.25, -0.2) is 0 Å². The normalized spacial score (nSPS) is 23.5. The molecule has 1 heterocycles. The van der Waals surface area contributed by atoms with Gasteiger partial charge >= 0.3 is 0 Å². The summed E-state index contributed by atoms with van der Waals surface area (Å²) in [5.74, 6) is 0. The first kappa shape index (κ1) is 9.01. The van der Waals surface area contributed by atoms with Crippen molar-refractivity contribution in [2.24, 2.45) is 0 Å². The Kier molecular flexibility index (Phi) is 3.87. The van der Waals surface area contributed by atoms with Crippen molar-refractivity contribution < 1.29 is 4.74 Å². The molecule has 0 aliphatic carbocycles. The van der Waals surface area contributed by atoms with Crippen molar-refractivity contribution in [3.63, 3.8) is 0 Å². The molecule has 2 nitrogen and oxygen atoms in total. The molecule has 1 N–H and O–H groups in total. The Bertz CT molecular complexity index is 99.7. The molecule has 0 aromatic heterocycles. The molecule has 0 amide bonds. The van der Waals surface area contributed by atoms with Crippen LogP contribution in [0.25, 0.3) is 0 Å². The lowest BCUT2D eigenvalue weighted by molar-refractivity contribution is 0.0731. The van der Waals surface area contributed by atoms with Crippen LogP contribution in [0.1, 0.15) is 39.5 Å². The summed E-state index contributed by atoms with van der Waals surface area (Å²) in [6, 6.07) is 0.558. The summed E-state index contributed by atoms with van der Waals surface area (Å²) in [5, 5.41) is 3.36. The number of nitrogens with one attached hydrogen (secondary N) is 1. The van der Waals surface area contributed by atoms with E-state index in [1.54, 1.807) is 0 Å². The van der Waals surface area contributed by atoms with Gasteiger partial charge in [-0.2, -0.15) is 0 Å². The lowest BCUT2D eigenvalue weighted by Gasteiger charge is -2.24. The molecule has 1 unspecified atom stereocenters. The molecule has 1 fully saturated rings. The summed E-state index contributed by atoms with van der Waals surface area (Å²) in [5.41, 5.74) is 0. The zero-order valence-electron chi connectivity index (χ0n) is 7.52. The zero-order valence-corrected chi connectivity index (χ0v) is 7.52. The van der Waals surface area contributed by atoms with Gasteiger partial charge in [0.1, 0.15) is 0 Å². The molecule has 1 rings (SSSR count). The van der Waals surface area contributed by atoms with E-state index in [1.807, 2.05) is 0 Å². The Labute approximate surface area is 69.3 Å². The van der Waals surface area contributed by atoms with Gasteiger partial charge in [0, 0.05) is 12.6 Å². The van der Waals surface area contributed by atoms with Gasteiger partial charge in [0.25, 0.3) is 0 Å². The third-order valence-electron chi connectivity index (χ3n) is 2.09. The lowest BCUT2D eigenvalue weighted by atomic mass is 10.1. The van der Waals surface area contributed by atoms with E-state index in [0.29, 0.717) is 6.04 Å². The predicted octanol–water partition coefficient (Wildman–Crippen LogP) is 2.06. The van der Waals surface area contributed by atoms with Gasteiger partial charge in [0.15, 0.2) is 6.23 Å². The minimum absolute atomic E-state index is 0.558. The quantitative estimate of drug-likeness (QED) is 0.675. The van der Waals surface area contributed by atoms with Crippen LogP contribution >= 0.6 is 0 Å². The van der Waals surface area contributed by atoms with Crippen LogP contribution in [0, 0.1) is 6.23 Å². The Morgan fingerprint density at radius 2 is 2.36 bits per heavy atom. The van der Waals surface area contributed by atoms with Crippen molar-refractivity contribution in [3.8, 4) is 0 Å². The molecule has 0 aromatic carbocycles. The zero-order chi connectivity index (χ0) is 8.10. The summed E-state index contributed by atoms with van der Waals surface area (Å²) < 4.78 is 5.46. The summed E-state index contributed by atoms with van der Waals surface area (Å²) in [6.07, 6.45) is 5.85. The molecule has 2 heteroatoms. The fraction of sp³-hybridized carbons (Fsp3) is 0.889. The Morgan fingerprint density at radius 3 is 2.91 bits per heavy atom. The van der Waals surface area contributed by atoms with E-state index in [4.69, 9.17) is 4.74 Å². The Balaban J connectivity index is 2.13.